The van der Waals surface area contributed by atoms with Gasteiger partial charge in [-0.1, -0.05) is 20.3 Å². The van der Waals surface area contributed by atoms with Gasteiger partial charge in [0.15, 0.2) is 0 Å². The molecule has 0 bridgehead atoms. The Hall–Kier alpha value is -0.940. The van der Waals surface area contributed by atoms with Crippen molar-refractivity contribution in [2.45, 2.75) is 58.4 Å². The Morgan fingerprint density at radius 3 is 2.90 bits per heavy atom. The van der Waals surface area contributed by atoms with Crippen molar-refractivity contribution in [3.05, 3.63) is 15.6 Å². The fraction of sp³-hybridized carbons (Fsp3) is 0.733. The quantitative estimate of drug-likeness (QED) is 0.903. The number of nitrogens with zero attached hydrogens (tertiary/aromatic N) is 2. The maximum Gasteiger partial charge on any atom is 0.347 e. The highest BCUT2D eigenvalue weighted by molar-refractivity contribution is 7.13. The first kappa shape index (κ1) is 15.4. The standard InChI is InChI=1S/C15H24N2O2S/c1-4-12-7-5-6-8-17(12)9-10(2)14-16-11(3)13(20-14)15(18)19/h10,12H,4-9H2,1-3H3,(H,18,19). The maximum absolute atomic E-state index is 11.1. The number of thiazole rings is 1. The summed E-state index contributed by atoms with van der Waals surface area (Å²) in [4.78, 5) is 18.5. The molecule has 0 aromatic carbocycles. The van der Waals surface area contributed by atoms with Gasteiger partial charge >= 0.3 is 5.97 Å². The summed E-state index contributed by atoms with van der Waals surface area (Å²) in [5, 5.41) is 10.1. The molecule has 0 saturated carbocycles. The lowest BCUT2D eigenvalue weighted by Crippen LogP contribution is -2.41. The number of aromatic nitrogens is 1. The average molecular weight is 296 g/mol. The zero-order valence-electron chi connectivity index (χ0n) is 12.6. The molecule has 0 aliphatic carbocycles. The highest BCUT2D eigenvalue weighted by Crippen LogP contribution is 2.28. The van der Waals surface area contributed by atoms with Gasteiger partial charge in [0, 0.05) is 18.5 Å². The highest BCUT2D eigenvalue weighted by atomic mass is 32.1. The zero-order chi connectivity index (χ0) is 14.7. The molecule has 5 heteroatoms. The number of aromatic carboxylic acids is 1. The molecule has 1 aliphatic heterocycles. The third-order valence-corrected chi connectivity index (χ3v) is 5.53. The third-order valence-electron chi connectivity index (χ3n) is 4.16. The van der Waals surface area contributed by atoms with E-state index in [2.05, 4.69) is 23.7 Å². The van der Waals surface area contributed by atoms with Crippen molar-refractivity contribution < 1.29 is 9.90 Å². The van der Waals surface area contributed by atoms with E-state index in [0.29, 0.717) is 22.5 Å². The summed E-state index contributed by atoms with van der Waals surface area (Å²) in [6.07, 6.45) is 5.11. The van der Waals surface area contributed by atoms with Gasteiger partial charge in [-0.05, 0) is 32.7 Å². The molecule has 1 N–H and O–H groups in total. The van der Waals surface area contributed by atoms with Crippen LogP contribution < -0.4 is 0 Å². The molecule has 1 aromatic rings. The van der Waals surface area contributed by atoms with Crippen LogP contribution in [0.5, 0.6) is 0 Å². The number of carboxylic acid groups (broad SMARTS) is 1. The smallest absolute Gasteiger partial charge is 0.347 e. The van der Waals surface area contributed by atoms with Gasteiger partial charge in [0.05, 0.1) is 10.7 Å². The van der Waals surface area contributed by atoms with Crippen LogP contribution >= 0.6 is 11.3 Å². The monoisotopic (exact) mass is 296 g/mol. The summed E-state index contributed by atoms with van der Waals surface area (Å²) in [7, 11) is 0. The first-order valence-corrected chi connectivity index (χ1v) is 8.29. The van der Waals surface area contributed by atoms with Crippen LogP contribution in [-0.2, 0) is 0 Å². The van der Waals surface area contributed by atoms with Crippen LogP contribution in [0, 0.1) is 6.92 Å². The van der Waals surface area contributed by atoms with E-state index in [9.17, 15) is 4.79 Å². The molecule has 0 amide bonds. The van der Waals surface area contributed by atoms with Gasteiger partial charge in [-0.3, -0.25) is 4.90 Å². The van der Waals surface area contributed by atoms with E-state index in [1.165, 1.54) is 43.6 Å². The molecule has 1 aromatic heterocycles. The summed E-state index contributed by atoms with van der Waals surface area (Å²) in [6.45, 7) is 8.35. The van der Waals surface area contributed by atoms with E-state index < -0.39 is 5.97 Å². The van der Waals surface area contributed by atoms with Crippen molar-refractivity contribution in [2.75, 3.05) is 13.1 Å². The van der Waals surface area contributed by atoms with Crippen LogP contribution in [-0.4, -0.2) is 40.1 Å². The molecule has 0 spiro atoms. The first-order valence-electron chi connectivity index (χ1n) is 7.47. The van der Waals surface area contributed by atoms with Gasteiger partial charge in [0.25, 0.3) is 0 Å². The SMILES string of the molecule is CCC1CCCCN1CC(C)c1nc(C)c(C(=O)O)s1. The van der Waals surface area contributed by atoms with E-state index in [-0.39, 0.29) is 0 Å². The fourth-order valence-electron chi connectivity index (χ4n) is 3.02. The molecule has 1 saturated heterocycles. The number of carbonyl (C=O) groups is 1. The lowest BCUT2D eigenvalue weighted by molar-refractivity contribution is 0.0701. The third kappa shape index (κ3) is 3.38. The highest BCUT2D eigenvalue weighted by Gasteiger charge is 2.25. The predicted molar refractivity (Wildman–Crippen MR) is 81.7 cm³/mol. The van der Waals surface area contributed by atoms with Gasteiger partial charge in [0.1, 0.15) is 4.88 Å². The molecule has 2 heterocycles. The lowest BCUT2D eigenvalue weighted by Gasteiger charge is -2.36. The number of aryl methyl sites for hydroxylation is 1. The molecule has 1 aliphatic rings. The van der Waals surface area contributed by atoms with Crippen LogP contribution in [0.2, 0.25) is 0 Å². The molecule has 2 unspecified atom stereocenters. The summed E-state index contributed by atoms with van der Waals surface area (Å²) < 4.78 is 0. The van der Waals surface area contributed by atoms with Crippen LogP contribution in [0.25, 0.3) is 0 Å². The van der Waals surface area contributed by atoms with Crippen LogP contribution in [0.4, 0.5) is 0 Å². The summed E-state index contributed by atoms with van der Waals surface area (Å²) in [5.41, 5.74) is 0.648. The lowest BCUT2D eigenvalue weighted by atomic mass is 9.98. The minimum atomic E-state index is -0.858. The Morgan fingerprint density at radius 2 is 2.30 bits per heavy atom. The van der Waals surface area contributed by atoms with Crippen molar-refractivity contribution in [3.63, 3.8) is 0 Å². The van der Waals surface area contributed by atoms with E-state index in [4.69, 9.17) is 5.11 Å². The van der Waals surface area contributed by atoms with Crippen molar-refractivity contribution in [3.8, 4) is 0 Å². The van der Waals surface area contributed by atoms with Crippen molar-refractivity contribution >= 4 is 17.3 Å². The van der Waals surface area contributed by atoms with Gasteiger partial charge in [-0.15, -0.1) is 11.3 Å². The molecule has 112 valence electrons. The molecule has 2 atom stereocenters. The van der Waals surface area contributed by atoms with Gasteiger partial charge < -0.3 is 5.11 Å². The fourth-order valence-corrected chi connectivity index (χ4v) is 3.97. The molecule has 2 rings (SSSR count). The Kier molecular flexibility index (Phi) is 5.16. The van der Waals surface area contributed by atoms with Crippen molar-refractivity contribution in [1.29, 1.82) is 0 Å². The van der Waals surface area contributed by atoms with Crippen LogP contribution in [0.3, 0.4) is 0 Å². The van der Waals surface area contributed by atoms with Crippen LogP contribution in [0.15, 0.2) is 0 Å². The Morgan fingerprint density at radius 1 is 1.55 bits per heavy atom. The molecule has 20 heavy (non-hydrogen) atoms. The van der Waals surface area contributed by atoms with Crippen molar-refractivity contribution in [1.82, 2.24) is 9.88 Å². The Bertz CT molecular complexity index is 472. The van der Waals surface area contributed by atoms with E-state index in [0.717, 1.165) is 11.6 Å². The Balaban J connectivity index is 2.05. The summed E-state index contributed by atoms with van der Waals surface area (Å²) in [6, 6.07) is 0.686. The number of rotatable bonds is 5. The predicted octanol–water partition coefficient (Wildman–Crippen LogP) is 3.52. The second kappa shape index (κ2) is 6.68. The van der Waals surface area contributed by atoms with Crippen molar-refractivity contribution in [2.24, 2.45) is 0 Å². The molecule has 1 fully saturated rings. The molecular formula is C15H24N2O2S. The first-order chi connectivity index (χ1) is 9.52. The summed E-state index contributed by atoms with van der Waals surface area (Å²) >= 11 is 1.34. The number of carboxylic acids is 1. The largest absolute Gasteiger partial charge is 0.477 e. The minimum Gasteiger partial charge on any atom is -0.477 e. The zero-order valence-corrected chi connectivity index (χ0v) is 13.4. The number of hydrogen-bond donors (Lipinski definition) is 1. The Labute approximate surface area is 124 Å². The molecule has 0 radical (unpaired) electrons. The molecular weight excluding hydrogens is 272 g/mol. The minimum absolute atomic E-state index is 0.305. The second-order valence-electron chi connectivity index (χ2n) is 5.73. The number of piperidine rings is 1. The second-order valence-corrected chi connectivity index (χ2v) is 6.76. The number of likely N-dealkylation sites (tertiary alicyclic amines) is 1. The van der Waals surface area contributed by atoms with E-state index in [1.807, 2.05) is 0 Å². The topological polar surface area (TPSA) is 53.4 Å². The van der Waals surface area contributed by atoms with E-state index in [1.54, 1.807) is 6.92 Å². The van der Waals surface area contributed by atoms with Crippen LogP contribution in [0.1, 0.15) is 65.8 Å². The normalized spacial score (nSPS) is 21.9. The average Bonchev–Trinajstić information content (AvgIpc) is 2.81. The van der Waals surface area contributed by atoms with Gasteiger partial charge in [-0.25, -0.2) is 9.78 Å². The summed E-state index contributed by atoms with van der Waals surface area (Å²) in [5.74, 6) is -0.554. The maximum atomic E-state index is 11.1. The van der Waals surface area contributed by atoms with Gasteiger partial charge in [-0.2, -0.15) is 0 Å². The van der Waals surface area contributed by atoms with Gasteiger partial charge in [0.2, 0.25) is 0 Å². The molecule has 4 nitrogen and oxygen atoms in total. The van der Waals surface area contributed by atoms with E-state index >= 15 is 0 Å². The number of hydrogen-bond acceptors (Lipinski definition) is 4.